The summed E-state index contributed by atoms with van der Waals surface area (Å²) >= 11 is 1.94. The van der Waals surface area contributed by atoms with E-state index in [1.165, 1.54) is 5.56 Å². The number of nitrogens with one attached hydrogen (secondary N) is 1. The predicted molar refractivity (Wildman–Crippen MR) is 65.5 cm³/mol. The number of thioether (sulfide) groups is 1. The van der Waals surface area contributed by atoms with E-state index in [4.69, 9.17) is 0 Å². The van der Waals surface area contributed by atoms with Crippen LogP contribution in [-0.4, -0.2) is 10.6 Å². The Hall–Kier alpha value is -0.470. The molecule has 1 N–H and O–H groups in total. The standard InChI is InChI=1S/C12H19NS/c1-12(2,3)14-10-13-9-11-7-5-4-6-8-11/h4-8,13H,9-10H2,1-3H3. The zero-order chi connectivity index (χ0) is 10.4. The van der Waals surface area contributed by atoms with E-state index >= 15 is 0 Å². The fourth-order valence-corrected chi connectivity index (χ4v) is 1.70. The molecule has 0 aliphatic heterocycles. The normalized spacial score (nSPS) is 11.6. The molecule has 0 heterocycles. The van der Waals surface area contributed by atoms with Crippen molar-refractivity contribution in [3.63, 3.8) is 0 Å². The highest BCUT2D eigenvalue weighted by Gasteiger charge is 2.08. The van der Waals surface area contributed by atoms with Gasteiger partial charge in [-0.2, -0.15) is 0 Å². The van der Waals surface area contributed by atoms with Gasteiger partial charge >= 0.3 is 0 Å². The van der Waals surface area contributed by atoms with Gasteiger partial charge in [-0.1, -0.05) is 51.1 Å². The molecule has 0 saturated heterocycles. The summed E-state index contributed by atoms with van der Waals surface area (Å²) in [6, 6.07) is 10.5. The first kappa shape index (κ1) is 11.6. The van der Waals surface area contributed by atoms with Crippen LogP contribution in [0.1, 0.15) is 26.3 Å². The maximum absolute atomic E-state index is 3.42. The molecular weight excluding hydrogens is 190 g/mol. The Bertz CT molecular complexity index is 251. The highest BCUT2D eigenvalue weighted by Crippen LogP contribution is 2.21. The first-order valence-electron chi connectivity index (χ1n) is 4.96. The van der Waals surface area contributed by atoms with E-state index in [2.05, 4.69) is 50.4 Å². The molecule has 1 aromatic rings. The molecule has 0 aliphatic carbocycles. The molecule has 1 nitrogen and oxygen atoms in total. The molecule has 0 atom stereocenters. The molecule has 2 heteroatoms. The van der Waals surface area contributed by atoms with Gasteiger partial charge in [0.15, 0.2) is 0 Å². The highest BCUT2D eigenvalue weighted by atomic mass is 32.2. The second-order valence-corrected chi connectivity index (χ2v) is 6.12. The summed E-state index contributed by atoms with van der Waals surface area (Å²) in [5.41, 5.74) is 1.35. The van der Waals surface area contributed by atoms with Crippen LogP contribution in [0.5, 0.6) is 0 Å². The molecule has 1 rings (SSSR count). The lowest BCUT2D eigenvalue weighted by Gasteiger charge is -2.17. The SMILES string of the molecule is CC(C)(C)SCNCc1ccccc1. The van der Waals surface area contributed by atoms with Crippen molar-refractivity contribution in [2.75, 3.05) is 5.88 Å². The van der Waals surface area contributed by atoms with Crippen LogP contribution in [-0.2, 0) is 6.54 Å². The Morgan fingerprint density at radius 2 is 1.79 bits per heavy atom. The van der Waals surface area contributed by atoms with Crippen LogP contribution < -0.4 is 5.32 Å². The second-order valence-electron chi connectivity index (χ2n) is 4.31. The van der Waals surface area contributed by atoms with Crippen LogP contribution in [0.15, 0.2) is 30.3 Å². The van der Waals surface area contributed by atoms with E-state index in [0.717, 1.165) is 12.4 Å². The molecule has 0 bridgehead atoms. The van der Waals surface area contributed by atoms with Gasteiger partial charge in [0.05, 0.1) is 0 Å². The molecule has 0 unspecified atom stereocenters. The lowest BCUT2D eigenvalue weighted by Crippen LogP contribution is -2.18. The fourth-order valence-electron chi connectivity index (χ4n) is 1.06. The maximum Gasteiger partial charge on any atom is 0.0425 e. The van der Waals surface area contributed by atoms with E-state index in [1.54, 1.807) is 0 Å². The third-order valence-corrected chi connectivity index (χ3v) is 2.99. The lowest BCUT2D eigenvalue weighted by atomic mass is 10.2. The average Bonchev–Trinajstić information content (AvgIpc) is 2.13. The molecule has 0 radical (unpaired) electrons. The van der Waals surface area contributed by atoms with Crippen LogP contribution in [0.3, 0.4) is 0 Å². The monoisotopic (exact) mass is 209 g/mol. The summed E-state index contributed by atoms with van der Waals surface area (Å²) in [6.45, 7) is 7.68. The van der Waals surface area contributed by atoms with Crippen molar-refractivity contribution in [2.45, 2.75) is 32.1 Å². The Kier molecular flexibility index (Phi) is 4.49. The third-order valence-electron chi connectivity index (χ3n) is 1.78. The van der Waals surface area contributed by atoms with Gasteiger partial charge in [0.25, 0.3) is 0 Å². The third kappa shape index (κ3) is 5.30. The van der Waals surface area contributed by atoms with Gasteiger partial charge in [-0.3, -0.25) is 0 Å². The Morgan fingerprint density at radius 3 is 2.36 bits per heavy atom. The summed E-state index contributed by atoms with van der Waals surface area (Å²) < 4.78 is 0.351. The Labute approximate surface area is 91.3 Å². The van der Waals surface area contributed by atoms with Gasteiger partial charge < -0.3 is 5.32 Å². The van der Waals surface area contributed by atoms with E-state index in [-0.39, 0.29) is 0 Å². The van der Waals surface area contributed by atoms with E-state index in [1.807, 2.05) is 17.8 Å². The number of hydrogen-bond donors (Lipinski definition) is 1. The Morgan fingerprint density at radius 1 is 1.14 bits per heavy atom. The molecule has 0 saturated carbocycles. The Balaban J connectivity index is 2.17. The fraction of sp³-hybridized carbons (Fsp3) is 0.500. The van der Waals surface area contributed by atoms with Crippen molar-refractivity contribution >= 4 is 11.8 Å². The van der Waals surface area contributed by atoms with Crippen molar-refractivity contribution < 1.29 is 0 Å². The van der Waals surface area contributed by atoms with Gasteiger partial charge in [0.2, 0.25) is 0 Å². The lowest BCUT2D eigenvalue weighted by molar-refractivity contribution is 0.764. The summed E-state index contributed by atoms with van der Waals surface area (Å²) in [7, 11) is 0. The van der Waals surface area contributed by atoms with Crippen molar-refractivity contribution in [2.24, 2.45) is 0 Å². The van der Waals surface area contributed by atoms with Crippen molar-refractivity contribution in [1.82, 2.24) is 5.32 Å². The quantitative estimate of drug-likeness (QED) is 0.603. The number of benzene rings is 1. The molecule has 14 heavy (non-hydrogen) atoms. The van der Waals surface area contributed by atoms with Crippen molar-refractivity contribution in [1.29, 1.82) is 0 Å². The molecular formula is C12H19NS. The van der Waals surface area contributed by atoms with Crippen LogP contribution in [0, 0.1) is 0 Å². The molecule has 1 aromatic carbocycles. The van der Waals surface area contributed by atoms with Crippen molar-refractivity contribution in [3.8, 4) is 0 Å². The molecule has 0 fully saturated rings. The van der Waals surface area contributed by atoms with Crippen molar-refractivity contribution in [3.05, 3.63) is 35.9 Å². The summed E-state index contributed by atoms with van der Waals surface area (Å²) in [5.74, 6) is 1.01. The zero-order valence-electron chi connectivity index (χ0n) is 9.21. The summed E-state index contributed by atoms with van der Waals surface area (Å²) in [4.78, 5) is 0. The minimum absolute atomic E-state index is 0.351. The molecule has 0 amide bonds. The summed E-state index contributed by atoms with van der Waals surface area (Å²) in [5, 5.41) is 3.42. The van der Waals surface area contributed by atoms with E-state index < -0.39 is 0 Å². The second kappa shape index (κ2) is 5.42. The first-order valence-corrected chi connectivity index (χ1v) is 5.95. The number of hydrogen-bond acceptors (Lipinski definition) is 2. The smallest absolute Gasteiger partial charge is 0.0425 e. The van der Waals surface area contributed by atoms with Gasteiger partial charge in [0, 0.05) is 17.2 Å². The van der Waals surface area contributed by atoms with Gasteiger partial charge in [-0.05, 0) is 5.56 Å². The zero-order valence-corrected chi connectivity index (χ0v) is 10.0. The molecule has 0 spiro atoms. The topological polar surface area (TPSA) is 12.0 Å². The minimum Gasteiger partial charge on any atom is -0.304 e. The minimum atomic E-state index is 0.351. The van der Waals surface area contributed by atoms with Gasteiger partial charge in [0.1, 0.15) is 0 Å². The highest BCUT2D eigenvalue weighted by molar-refractivity contribution is 8.00. The van der Waals surface area contributed by atoms with E-state index in [9.17, 15) is 0 Å². The van der Waals surface area contributed by atoms with Gasteiger partial charge in [-0.25, -0.2) is 0 Å². The summed E-state index contributed by atoms with van der Waals surface area (Å²) in [6.07, 6.45) is 0. The first-order chi connectivity index (χ1) is 6.58. The van der Waals surface area contributed by atoms with E-state index in [0.29, 0.717) is 4.75 Å². The number of rotatable bonds is 4. The van der Waals surface area contributed by atoms with Crippen LogP contribution >= 0.6 is 11.8 Å². The molecule has 0 aliphatic rings. The molecule has 78 valence electrons. The van der Waals surface area contributed by atoms with Gasteiger partial charge in [-0.15, -0.1) is 11.8 Å². The van der Waals surface area contributed by atoms with Crippen LogP contribution in [0.25, 0.3) is 0 Å². The largest absolute Gasteiger partial charge is 0.304 e. The average molecular weight is 209 g/mol. The molecule has 0 aromatic heterocycles. The van der Waals surface area contributed by atoms with Crippen LogP contribution in [0.2, 0.25) is 0 Å². The maximum atomic E-state index is 3.42. The van der Waals surface area contributed by atoms with Crippen LogP contribution in [0.4, 0.5) is 0 Å². The predicted octanol–water partition coefficient (Wildman–Crippen LogP) is 3.27.